The van der Waals surface area contributed by atoms with E-state index in [-0.39, 0.29) is 5.75 Å². The van der Waals surface area contributed by atoms with Crippen LogP contribution in [0, 0.1) is 11.3 Å². The Balaban J connectivity index is 1.68. The Hall–Kier alpha value is -4.16. The van der Waals surface area contributed by atoms with Crippen LogP contribution in [0.15, 0.2) is 82.8 Å². The monoisotopic (exact) mass is 485 g/mol. The molecule has 8 nitrogen and oxygen atoms in total. The van der Waals surface area contributed by atoms with E-state index in [0.717, 1.165) is 47.3 Å². The summed E-state index contributed by atoms with van der Waals surface area (Å²) in [7, 11) is -3.65. The third-order valence-electron chi connectivity index (χ3n) is 6.06. The quantitative estimate of drug-likeness (QED) is 0.554. The molecule has 2 aliphatic rings. The number of nitriles is 1. The summed E-state index contributed by atoms with van der Waals surface area (Å²) in [5.74, 6) is 1.34. The summed E-state index contributed by atoms with van der Waals surface area (Å²) in [6.45, 7) is 1.38. The zero-order valence-electron chi connectivity index (χ0n) is 19.0. The topological polar surface area (TPSA) is 121 Å². The van der Waals surface area contributed by atoms with E-state index < -0.39 is 15.7 Å². The van der Waals surface area contributed by atoms with Gasteiger partial charge in [0.2, 0.25) is 0 Å². The van der Waals surface area contributed by atoms with Gasteiger partial charge in [0.1, 0.15) is 11.6 Å². The summed E-state index contributed by atoms with van der Waals surface area (Å²) >= 11 is 0. The molecule has 3 aromatic rings. The first-order valence-corrected chi connectivity index (χ1v) is 12.9. The maximum atomic E-state index is 11.6. The van der Waals surface area contributed by atoms with E-state index in [1.165, 1.54) is 0 Å². The van der Waals surface area contributed by atoms with Gasteiger partial charge in [-0.05, 0) is 59.0 Å². The molecule has 2 heterocycles. The third kappa shape index (κ3) is 4.13. The van der Waals surface area contributed by atoms with Gasteiger partial charge in [0, 0.05) is 13.1 Å². The highest BCUT2D eigenvalue weighted by Gasteiger charge is 2.49. The second-order valence-corrected chi connectivity index (χ2v) is 10.1. The summed E-state index contributed by atoms with van der Waals surface area (Å²) in [4.78, 5) is 11.7. The first kappa shape index (κ1) is 22.6. The number of aliphatic imine (C=N–C) groups is 2. The highest BCUT2D eigenvalue weighted by atomic mass is 32.2. The van der Waals surface area contributed by atoms with Gasteiger partial charge in [-0.15, -0.1) is 0 Å². The van der Waals surface area contributed by atoms with Crippen LogP contribution in [0.5, 0.6) is 5.75 Å². The van der Waals surface area contributed by atoms with Crippen LogP contribution in [-0.4, -0.2) is 44.5 Å². The molecule has 176 valence electrons. The van der Waals surface area contributed by atoms with Crippen molar-refractivity contribution in [3.8, 4) is 22.9 Å². The summed E-state index contributed by atoms with van der Waals surface area (Å²) in [5.41, 5.74) is 9.46. The van der Waals surface area contributed by atoms with Crippen LogP contribution >= 0.6 is 0 Å². The third-order valence-corrected chi connectivity index (χ3v) is 6.56. The number of benzene rings is 3. The van der Waals surface area contributed by atoms with Crippen molar-refractivity contribution in [2.45, 2.75) is 12.0 Å². The van der Waals surface area contributed by atoms with Gasteiger partial charge in [-0.25, -0.2) is 4.99 Å². The fourth-order valence-electron chi connectivity index (χ4n) is 4.59. The van der Waals surface area contributed by atoms with Gasteiger partial charge in [-0.3, -0.25) is 9.89 Å². The molecule has 2 aliphatic heterocycles. The fourth-order valence-corrected chi connectivity index (χ4v) is 5.05. The predicted octanol–water partition coefficient (Wildman–Crippen LogP) is 3.24. The van der Waals surface area contributed by atoms with E-state index in [2.05, 4.69) is 6.07 Å². The highest BCUT2D eigenvalue weighted by molar-refractivity contribution is 7.86. The number of hydrogen-bond donors (Lipinski definition) is 1. The average Bonchev–Trinajstić information content (AvgIpc) is 3.17. The lowest BCUT2D eigenvalue weighted by atomic mass is 9.81. The summed E-state index contributed by atoms with van der Waals surface area (Å²) in [6.07, 6.45) is 1.88. The maximum Gasteiger partial charge on any atom is 0.306 e. The zero-order chi connectivity index (χ0) is 24.6. The minimum absolute atomic E-state index is 0.214. The number of fused-ring (bicyclic) bond motifs is 1. The molecule has 5 rings (SSSR count). The molecule has 0 fully saturated rings. The Morgan fingerprint density at radius 2 is 1.74 bits per heavy atom. The highest BCUT2D eigenvalue weighted by Crippen LogP contribution is 2.43. The molecule has 0 spiro atoms. The van der Waals surface area contributed by atoms with Gasteiger partial charge >= 0.3 is 10.1 Å². The van der Waals surface area contributed by atoms with E-state index in [0.29, 0.717) is 18.1 Å². The average molecular weight is 486 g/mol. The van der Waals surface area contributed by atoms with Crippen molar-refractivity contribution in [3.05, 3.63) is 89.5 Å². The first-order chi connectivity index (χ1) is 16.8. The largest absolute Gasteiger partial charge is 0.383 e. The van der Waals surface area contributed by atoms with Crippen molar-refractivity contribution in [3.63, 3.8) is 0 Å². The van der Waals surface area contributed by atoms with Gasteiger partial charge < -0.3 is 9.92 Å². The van der Waals surface area contributed by atoms with Gasteiger partial charge in [0.15, 0.2) is 11.5 Å². The number of amidine groups is 1. The Labute approximate surface area is 204 Å². The SMILES string of the molecule is CS(=O)(=O)Oc1ccc(C2(c3cccc(-c4cccc(C#N)c4)c3)N=C(N)N3CCCN=C32)cc1. The van der Waals surface area contributed by atoms with Crippen LogP contribution in [0.25, 0.3) is 11.1 Å². The lowest BCUT2D eigenvalue weighted by molar-refractivity contribution is 0.492. The molecular formula is C26H23N5O3S. The standard InChI is InChI=1S/C26H23N5O3S/c1-35(32,33)34-23-11-9-21(10-12-23)26(24-29-13-4-14-31(24)25(28)30-26)22-8-3-7-20(16-22)19-6-2-5-18(15-19)17-27/h2-3,5-12,15-16H,4,13-14H2,1H3,(H2,28,30). The number of guanidine groups is 1. The molecule has 2 N–H and O–H groups in total. The Kier molecular flexibility index (Phi) is 5.53. The molecule has 9 heteroatoms. The molecular weight excluding hydrogens is 462 g/mol. The second kappa shape index (κ2) is 8.56. The molecule has 1 unspecified atom stereocenters. The molecule has 0 aromatic heterocycles. The molecule has 1 atom stereocenters. The number of hydrogen-bond acceptors (Lipinski definition) is 8. The second-order valence-electron chi connectivity index (χ2n) is 8.48. The van der Waals surface area contributed by atoms with Crippen molar-refractivity contribution < 1.29 is 12.6 Å². The molecule has 0 bridgehead atoms. The van der Waals surface area contributed by atoms with Crippen molar-refractivity contribution >= 4 is 21.9 Å². The zero-order valence-corrected chi connectivity index (χ0v) is 19.9. The van der Waals surface area contributed by atoms with E-state index in [9.17, 15) is 13.7 Å². The van der Waals surface area contributed by atoms with Gasteiger partial charge in [-0.1, -0.05) is 42.5 Å². The molecule has 0 saturated heterocycles. The lowest BCUT2D eigenvalue weighted by Gasteiger charge is -2.33. The number of rotatable bonds is 5. The molecule has 3 aromatic carbocycles. The minimum atomic E-state index is -3.65. The molecule has 0 radical (unpaired) electrons. The minimum Gasteiger partial charge on any atom is -0.383 e. The van der Waals surface area contributed by atoms with Crippen molar-refractivity contribution in [2.75, 3.05) is 19.3 Å². The van der Waals surface area contributed by atoms with Crippen LogP contribution in [0.4, 0.5) is 0 Å². The van der Waals surface area contributed by atoms with E-state index >= 15 is 0 Å². The van der Waals surface area contributed by atoms with E-state index in [4.69, 9.17) is 19.9 Å². The summed E-state index contributed by atoms with van der Waals surface area (Å²) in [6, 6.07) is 24.4. The van der Waals surface area contributed by atoms with Crippen LogP contribution in [-0.2, 0) is 15.7 Å². The number of nitrogens with two attached hydrogens (primary N) is 1. The van der Waals surface area contributed by atoms with Crippen molar-refractivity contribution in [1.82, 2.24) is 4.90 Å². The summed E-state index contributed by atoms with van der Waals surface area (Å²) in [5, 5.41) is 9.33. The van der Waals surface area contributed by atoms with Crippen molar-refractivity contribution in [2.24, 2.45) is 15.7 Å². The van der Waals surface area contributed by atoms with Crippen LogP contribution in [0.1, 0.15) is 23.1 Å². The fraction of sp³-hybridized carbons (Fsp3) is 0.192. The predicted molar refractivity (Wildman–Crippen MR) is 135 cm³/mol. The van der Waals surface area contributed by atoms with Crippen LogP contribution in [0.2, 0.25) is 0 Å². The van der Waals surface area contributed by atoms with Gasteiger partial charge in [0.05, 0.1) is 17.9 Å². The Bertz CT molecular complexity index is 1510. The molecule has 0 aliphatic carbocycles. The Morgan fingerprint density at radius 1 is 1.03 bits per heavy atom. The van der Waals surface area contributed by atoms with Crippen LogP contribution in [0.3, 0.4) is 0 Å². The molecule has 0 saturated carbocycles. The smallest absolute Gasteiger partial charge is 0.306 e. The van der Waals surface area contributed by atoms with Crippen molar-refractivity contribution in [1.29, 1.82) is 5.26 Å². The van der Waals surface area contributed by atoms with Gasteiger partial charge in [-0.2, -0.15) is 13.7 Å². The summed E-state index contributed by atoms with van der Waals surface area (Å²) < 4.78 is 28.2. The Morgan fingerprint density at radius 3 is 2.46 bits per heavy atom. The lowest BCUT2D eigenvalue weighted by Crippen LogP contribution is -2.46. The van der Waals surface area contributed by atoms with E-state index in [1.54, 1.807) is 30.3 Å². The van der Waals surface area contributed by atoms with Gasteiger partial charge in [0.25, 0.3) is 0 Å². The number of nitrogens with zero attached hydrogens (tertiary/aromatic N) is 4. The normalized spacial score (nSPS) is 19.4. The molecule has 0 amide bonds. The maximum absolute atomic E-state index is 11.6. The molecule has 35 heavy (non-hydrogen) atoms. The first-order valence-electron chi connectivity index (χ1n) is 11.1. The van der Waals surface area contributed by atoms with Crippen LogP contribution < -0.4 is 9.92 Å². The van der Waals surface area contributed by atoms with E-state index in [1.807, 2.05) is 47.4 Å².